The lowest BCUT2D eigenvalue weighted by Gasteiger charge is -2.26. The first-order valence-corrected chi connectivity index (χ1v) is 5.76. The molecule has 1 aliphatic rings. The monoisotopic (exact) mass is 233 g/mol. The molecule has 90 valence electrons. The molecule has 2 aromatic heterocycles. The molecule has 6 nitrogen and oxygen atoms in total. The van der Waals surface area contributed by atoms with E-state index >= 15 is 0 Å². The molecule has 3 heterocycles. The summed E-state index contributed by atoms with van der Waals surface area (Å²) in [7, 11) is 0. The largest absolute Gasteiger partial charge is 0.290 e. The van der Waals surface area contributed by atoms with Gasteiger partial charge in [-0.25, -0.2) is 4.63 Å². The highest BCUT2D eigenvalue weighted by molar-refractivity contribution is 5.11. The fourth-order valence-corrected chi connectivity index (χ4v) is 2.20. The molecule has 0 N–H and O–H groups in total. The SMILES string of the molecule is Cc1cc2n(n1)CCN(Cc1nonc1C)C2. The van der Waals surface area contributed by atoms with Gasteiger partial charge in [0.2, 0.25) is 0 Å². The van der Waals surface area contributed by atoms with E-state index in [9.17, 15) is 0 Å². The van der Waals surface area contributed by atoms with Crippen molar-refractivity contribution in [1.29, 1.82) is 0 Å². The third kappa shape index (κ3) is 1.95. The summed E-state index contributed by atoms with van der Waals surface area (Å²) in [4.78, 5) is 2.34. The molecule has 0 amide bonds. The van der Waals surface area contributed by atoms with E-state index < -0.39 is 0 Å². The highest BCUT2D eigenvalue weighted by Gasteiger charge is 2.19. The summed E-state index contributed by atoms with van der Waals surface area (Å²) in [5.41, 5.74) is 4.15. The Kier molecular flexibility index (Phi) is 2.44. The van der Waals surface area contributed by atoms with Crippen molar-refractivity contribution >= 4 is 0 Å². The number of nitrogens with zero attached hydrogens (tertiary/aromatic N) is 5. The Morgan fingerprint density at radius 2 is 2.18 bits per heavy atom. The second-order valence-electron chi connectivity index (χ2n) is 4.51. The van der Waals surface area contributed by atoms with Crippen molar-refractivity contribution in [3.63, 3.8) is 0 Å². The summed E-state index contributed by atoms with van der Waals surface area (Å²) < 4.78 is 6.80. The van der Waals surface area contributed by atoms with E-state index in [4.69, 9.17) is 4.63 Å². The van der Waals surface area contributed by atoms with Crippen LogP contribution in [0.5, 0.6) is 0 Å². The minimum Gasteiger partial charge on any atom is -0.290 e. The average molecular weight is 233 g/mol. The summed E-state index contributed by atoms with van der Waals surface area (Å²) in [6.07, 6.45) is 0. The van der Waals surface area contributed by atoms with Gasteiger partial charge in [-0.1, -0.05) is 10.3 Å². The van der Waals surface area contributed by atoms with Crippen LogP contribution in [0, 0.1) is 13.8 Å². The third-order valence-electron chi connectivity index (χ3n) is 3.12. The maximum absolute atomic E-state index is 4.72. The van der Waals surface area contributed by atoms with Gasteiger partial charge >= 0.3 is 0 Å². The number of hydrogen-bond donors (Lipinski definition) is 0. The molecule has 0 aliphatic carbocycles. The first-order chi connectivity index (χ1) is 8.22. The Hall–Kier alpha value is -1.69. The Bertz CT molecular complexity index is 530. The Morgan fingerprint density at radius 1 is 1.29 bits per heavy atom. The van der Waals surface area contributed by atoms with Gasteiger partial charge in [0.15, 0.2) is 0 Å². The van der Waals surface area contributed by atoms with Gasteiger partial charge in [-0.2, -0.15) is 5.10 Å². The first kappa shape index (κ1) is 10.5. The van der Waals surface area contributed by atoms with Crippen LogP contribution in [0.3, 0.4) is 0 Å². The summed E-state index contributed by atoms with van der Waals surface area (Å²) >= 11 is 0. The second-order valence-corrected chi connectivity index (χ2v) is 4.51. The lowest BCUT2D eigenvalue weighted by atomic mass is 10.2. The molecular formula is C11H15N5O. The van der Waals surface area contributed by atoms with Crippen molar-refractivity contribution in [2.45, 2.75) is 33.5 Å². The van der Waals surface area contributed by atoms with Crippen molar-refractivity contribution in [1.82, 2.24) is 25.0 Å². The standard InChI is InChI=1S/C11H15N5O/c1-8-5-10-6-15(3-4-16(10)12-8)7-11-9(2)13-17-14-11/h5H,3-4,6-7H2,1-2H3. The quantitative estimate of drug-likeness (QED) is 0.771. The van der Waals surface area contributed by atoms with Gasteiger partial charge in [0, 0.05) is 19.6 Å². The number of aryl methyl sites for hydroxylation is 2. The Morgan fingerprint density at radius 3 is 2.94 bits per heavy atom. The van der Waals surface area contributed by atoms with Gasteiger partial charge in [-0.15, -0.1) is 0 Å². The van der Waals surface area contributed by atoms with Crippen LogP contribution < -0.4 is 0 Å². The smallest absolute Gasteiger partial charge is 0.122 e. The van der Waals surface area contributed by atoms with Gasteiger partial charge in [0.25, 0.3) is 0 Å². The molecule has 0 bridgehead atoms. The van der Waals surface area contributed by atoms with E-state index in [1.165, 1.54) is 5.69 Å². The van der Waals surface area contributed by atoms with Gasteiger partial charge < -0.3 is 0 Å². The first-order valence-electron chi connectivity index (χ1n) is 5.76. The second kappa shape index (κ2) is 3.96. The fraction of sp³-hybridized carbons (Fsp3) is 0.545. The summed E-state index contributed by atoms with van der Waals surface area (Å²) in [6, 6.07) is 2.14. The number of rotatable bonds is 2. The predicted molar refractivity (Wildman–Crippen MR) is 60.1 cm³/mol. The molecule has 0 radical (unpaired) electrons. The molecule has 0 saturated heterocycles. The van der Waals surface area contributed by atoms with Crippen molar-refractivity contribution in [3.8, 4) is 0 Å². The Labute approximate surface area is 99.2 Å². The van der Waals surface area contributed by atoms with Crippen LogP contribution in [0.2, 0.25) is 0 Å². The highest BCUT2D eigenvalue weighted by Crippen LogP contribution is 2.16. The average Bonchev–Trinajstić information content (AvgIpc) is 2.84. The lowest BCUT2D eigenvalue weighted by Crippen LogP contribution is -2.33. The maximum atomic E-state index is 4.72. The van der Waals surface area contributed by atoms with E-state index in [2.05, 4.69) is 31.1 Å². The van der Waals surface area contributed by atoms with Crippen LogP contribution in [0.1, 0.15) is 22.8 Å². The molecule has 3 rings (SSSR count). The van der Waals surface area contributed by atoms with Gasteiger partial charge in [0.1, 0.15) is 11.4 Å². The molecule has 0 unspecified atom stereocenters. The number of hydrogen-bond acceptors (Lipinski definition) is 5. The zero-order valence-corrected chi connectivity index (χ0v) is 10.1. The zero-order valence-electron chi connectivity index (χ0n) is 10.1. The zero-order chi connectivity index (χ0) is 11.8. The van der Waals surface area contributed by atoms with E-state index in [1.807, 2.05) is 13.8 Å². The van der Waals surface area contributed by atoms with Gasteiger partial charge in [-0.05, 0) is 19.9 Å². The topological polar surface area (TPSA) is 60.0 Å². The number of fused-ring (bicyclic) bond motifs is 1. The summed E-state index contributed by atoms with van der Waals surface area (Å²) in [5.74, 6) is 0. The van der Waals surface area contributed by atoms with Gasteiger partial charge in [-0.3, -0.25) is 9.58 Å². The van der Waals surface area contributed by atoms with E-state index in [0.29, 0.717) is 0 Å². The van der Waals surface area contributed by atoms with Crippen molar-refractivity contribution < 1.29 is 4.63 Å². The van der Waals surface area contributed by atoms with Crippen molar-refractivity contribution in [3.05, 3.63) is 28.8 Å². The molecule has 1 aliphatic heterocycles. The molecule has 0 aromatic carbocycles. The van der Waals surface area contributed by atoms with Crippen LogP contribution in [0.15, 0.2) is 10.7 Å². The normalized spacial score (nSPS) is 16.1. The minimum absolute atomic E-state index is 0.791. The molecular weight excluding hydrogens is 218 g/mol. The van der Waals surface area contributed by atoms with E-state index in [1.54, 1.807) is 0 Å². The molecule has 17 heavy (non-hydrogen) atoms. The molecule has 0 atom stereocenters. The van der Waals surface area contributed by atoms with Crippen LogP contribution in [0.4, 0.5) is 0 Å². The summed E-state index contributed by atoms with van der Waals surface area (Å²) in [6.45, 7) is 7.58. The minimum atomic E-state index is 0.791. The molecule has 2 aromatic rings. The van der Waals surface area contributed by atoms with E-state index in [0.717, 1.165) is 43.3 Å². The van der Waals surface area contributed by atoms with Crippen molar-refractivity contribution in [2.24, 2.45) is 0 Å². The van der Waals surface area contributed by atoms with Crippen LogP contribution >= 0.6 is 0 Å². The van der Waals surface area contributed by atoms with E-state index in [-0.39, 0.29) is 0 Å². The predicted octanol–water partition coefficient (Wildman–Crippen LogP) is 0.899. The van der Waals surface area contributed by atoms with Crippen LogP contribution in [-0.4, -0.2) is 31.5 Å². The maximum Gasteiger partial charge on any atom is 0.122 e. The fourth-order valence-electron chi connectivity index (χ4n) is 2.20. The molecule has 0 saturated carbocycles. The Balaban J connectivity index is 1.74. The van der Waals surface area contributed by atoms with Gasteiger partial charge in [0.05, 0.1) is 17.9 Å². The third-order valence-corrected chi connectivity index (χ3v) is 3.12. The molecule has 0 fully saturated rings. The van der Waals surface area contributed by atoms with Crippen molar-refractivity contribution in [2.75, 3.05) is 6.54 Å². The van der Waals surface area contributed by atoms with Crippen LogP contribution in [-0.2, 0) is 19.6 Å². The summed E-state index contributed by atoms with van der Waals surface area (Å²) in [5, 5.41) is 12.2. The highest BCUT2D eigenvalue weighted by atomic mass is 16.6. The molecule has 6 heteroatoms. The number of aromatic nitrogens is 4. The molecule has 0 spiro atoms. The van der Waals surface area contributed by atoms with Crippen LogP contribution in [0.25, 0.3) is 0 Å². The lowest BCUT2D eigenvalue weighted by molar-refractivity contribution is 0.198.